The lowest BCUT2D eigenvalue weighted by molar-refractivity contribution is -0.166. The van der Waals surface area contributed by atoms with Crippen molar-refractivity contribution in [1.82, 2.24) is 10.2 Å². The van der Waals surface area contributed by atoms with Crippen molar-refractivity contribution in [2.24, 2.45) is 11.8 Å². The summed E-state index contributed by atoms with van der Waals surface area (Å²) in [6.07, 6.45) is -1.20. The van der Waals surface area contributed by atoms with E-state index in [2.05, 4.69) is 10.2 Å². The van der Waals surface area contributed by atoms with Gasteiger partial charge >= 0.3 is 12.1 Å². The van der Waals surface area contributed by atoms with E-state index in [0.717, 1.165) is 30.5 Å². The van der Waals surface area contributed by atoms with E-state index >= 15 is 0 Å². The van der Waals surface area contributed by atoms with E-state index < -0.39 is 29.2 Å². The average molecular weight is 593 g/mol. The van der Waals surface area contributed by atoms with Crippen LogP contribution >= 0.6 is 0 Å². The van der Waals surface area contributed by atoms with Gasteiger partial charge in [-0.1, -0.05) is 12.1 Å². The summed E-state index contributed by atoms with van der Waals surface area (Å²) >= 11 is 0. The van der Waals surface area contributed by atoms with Gasteiger partial charge in [0, 0.05) is 19.1 Å². The van der Waals surface area contributed by atoms with Crippen LogP contribution in [-0.2, 0) is 27.0 Å². The molecule has 2 N–H and O–H groups in total. The number of hydrogen-bond donors (Lipinski definition) is 2. The van der Waals surface area contributed by atoms with Crippen LogP contribution in [0.2, 0.25) is 0 Å². The van der Waals surface area contributed by atoms with Crippen molar-refractivity contribution in [1.29, 1.82) is 0 Å². The molecule has 228 valence electrons. The number of amides is 1. The highest BCUT2D eigenvalue weighted by Gasteiger charge is 2.54. The number of hydrogen-bond acceptors (Lipinski definition) is 5. The molecule has 2 heterocycles. The largest absolute Gasteiger partial charge is 0.494 e. The van der Waals surface area contributed by atoms with Gasteiger partial charge in [-0.15, -0.1) is 0 Å². The Morgan fingerprint density at radius 1 is 1.12 bits per heavy atom. The third-order valence-corrected chi connectivity index (χ3v) is 8.84. The summed E-state index contributed by atoms with van der Waals surface area (Å²) in [6.45, 7) is 3.04. The zero-order chi connectivity index (χ0) is 30.1. The standard InChI is InChI=1S/C31H36F4N2O5/c1-2-41-25-14-19(13-22(15-25)31(33,34)35)16-36-29(40)30(21-5-6-21)11-9-24(18-42-30)37-12-10-26(27(17-37)28(38)39)20-3-7-23(32)8-4-20/h3-4,7-8,13-15,21,24,26-27H,2,5-6,9-12,16-18H2,1H3,(H,36,40)(H,38,39)/t24?,26?,27-,30+/m1/s1. The molecule has 1 aliphatic carbocycles. The summed E-state index contributed by atoms with van der Waals surface area (Å²) < 4.78 is 65.3. The Kier molecular flexibility index (Phi) is 8.80. The van der Waals surface area contributed by atoms with Crippen molar-refractivity contribution in [3.63, 3.8) is 0 Å². The van der Waals surface area contributed by atoms with Gasteiger partial charge in [-0.25, -0.2) is 4.39 Å². The number of alkyl halides is 3. The third kappa shape index (κ3) is 6.57. The zero-order valence-electron chi connectivity index (χ0n) is 23.5. The third-order valence-electron chi connectivity index (χ3n) is 8.84. The second-order valence-corrected chi connectivity index (χ2v) is 11.5. The lowest BCUT2D eigenvalue weighted by Crippen LogP contribution is -2.58. The van der Waals surface area contributed by atoms with Crippen molar-refractivity contribution in [3.05, 3.63) is 65.0 Å². The number of carbonyl (C=O) groups is 2. The second kappa shape index (κ2) is 12.2. The van der Waals surface area contributed by atoms with Crippen LogP contribution in [0.4, 0.5) is 17.6 Å². The summed E-state index contributed by atoms with van der Waals surface area (Å²) in [7, 11) is 0. The number of aliphatic carboxylic acids is 1. The first-order chi connectivity index (χ1) is 20.0. The second-order valence-electron chi connectivity index (χ2n) is 11.5. The molecule has 3 aliphatic rings. The van der Waals surface area contributed by atoms with Crippen LogP contribution in [0.3, 0.4) is 0 Å². The molecule has 2 aliphatic heterocycles. The Bertz CT molecular complexity index is 1270. The number of carboxylic acid groups (broad SMARTS) is 1. The molecule has 0 radical (unpaired) electrons. The highest BCUT2D eigenvalue weighted by atomic mass is 19.4. The summed E-state index contributed by atoms with van der Waals surface area (Å²) in [5, 5.41) is 12.8. The molecule has 5 rings (SSSR count). The number of nitrogens with one attached hydrogen (secondary N) is 1. The molecule has 42 heavy (non-hydrogen) atoms. The predicted molar refractivity (Wildman–Crippen MR) is 145 cm³/mol. The highest BCUT2D eigenvalue weighted by Crippen LogP contribution is 2.48. The number of rotatable bonds is 9. The minimum Gasteiger partial charge on any atom is -0.494 e. The molecular weight excluding hydrogens is 556 g/mol. The summed E-state index contributed by atoms with van der Waals surface area (Å²) in [6, 6.07) is 9.39. The quantitative estimate of drug-likeness (QED) is 0.381. The van der Waals surface area contributed by atoms with E-state index in [1.54, 1.807) is 19.1 Å². The number of benzene rings is 2. The smallest absolute Gasteiger partial charge is 0.416 e. The number of carboxylic acids is 1. The first kappa shape index (κ1) is 30.3. The molecule has 3 fully saturated rings. The normalized spacial score (nSPS) is 26.9. The van der Waals surface area contributed by atoms with E-state index in [1.807, 2.05) is 0 Å². The van der Waals surface area contributed by atoms with Gasteiger partial charge in [-0.3, -0.25) is 14.5 Å². The molecule has 2 unspecified atom stereocenters. The molecule has 2 aromatic rings. The van der Waals surface area contributed by atoms with Gasteiger partial charge < -0.3 is 19.9 Å². The van der Waals surface area contributed by atoms with Crippen molar-refractivity contribution in [3.8, 4) is 5.75 Å². The molecule has 11 heteroatoms. The summed E-state index contributed by atoms with van der Waals surface area (Å²) in [5.74, 6) is -2.36. The molecule has 4 atom stereocenters. The van der Waals surface area contributed by atoms with E-state index in [4.69, 9.17) is 9.47 Å². The zero-order valence-corrected chi connectivity index (χ0v) is 23.5. The van der Waals surface area contributed by atoms with Gasteiger partial charge in [0.15, 0.2) is 0 Å². The van der Waals surface area contributed by atoms with Gasteiger partial charge in [-0.05, 0) is 98.9 Å². The van der Waals surface area contributed by atoms with Crippen LogP contribution in [0, 0.1) is 17.7 Å². The Morgan fingerprint density at radius 3 is 2.45 bits per heavy atom. The number of halogens is 4. The molecule has 1 amide bonds. The maximum Gasteiger partial charge on any atom is 0.416 e. The first-order valence-corrected chi connectivity index (χ1v) is 14.5. The van der Waals surface area contributed by atoms with Crippen LogP contribution < -0.4 is 10.1 Å². The minimum absolute atomic E-state index is 0.0370. The van der Waals surface area contributed by atoms with Crippen LogP contribution in [0.15, 0.2) is 42.5 Å². The van der Waals surface area contributed by atoms with Crippen LogP contribution in [0.5, 0.6) is 5.75 Å². The van der Waals surface area contributed by atoms with Gasteiger partial charge in [0.05, 0.1) is 24.7 Å². The summed E-state index contributed by atoms with van der Waals surface area (Å²) in [5.41, 5.74) is -0.805. The average Bonchev–Trinajstić information content (AvgIpc) is 3.82. The van der Waals surface area contributed by atoms with Crippen LogP contribution in [0.1, 0.15) is 61.6 Å². The Morgan fingerprint density at radius 2 is 1.86 bits per heavy atom. The maximum absolute atomic E-state index is 13.5. The van der Waals surface area contributed by atoms with E-state index in [9.17, 15) is 32.3 Å². The number of carbonyl (C=O) groups excluding carboxylic acids is 1. The predicted octanol–water partition coefficient (Wildman–Crippen LogP) is 5.38. The fourth-order valence-electron chi connectivity index (χ4n) is 6.48. The van der Waals surface area contributed by atoms with E-state index in [0.29, 0.717) is 32.4 Å². The molecule has 2 saturated heterocycles. The topological polar surface area (TPSA) is 88.1 Å². The fourth-order valence-corrected chi connectivity index (χ4v) is 6.48. The fraction of sp³-hybridized carbons (Fsp3) is 0.548. The number of likely N-dealkylation sites (tertiary alicyclic amines) is 1. The SMILES string of the molecule is CCOc1cc(CNC(=O)[C@@]2(C3CC3)CCC(N3CCC(c4ccc(F)cc4)[C@H](C(=O)O)C3)CO2)cc(C(F)(F)F)c1. The van der Waals surface area contributed by atoms with Gasteiger partial charge in [0.25, 0.3) is 5.91 Å². The van der Waals surface area contributed by atoms with Gasteiger partial charge in [0.1, 0.15) is 17.2 Å². The number of piperidine rings is 1. The molecule has 7 nitrogen and oxygen atoms in total. The van der Waals surface area contributed by atoms with Crippen LogP contribution in [0.25, 0.3) is 0 Å². The van der Waals surface area contributed by atoms with Gasteiger partial charge in [-0.2, -0.15) is 13.2 Å². The molecule has 1 saturated carbocycles. The number of nitrogens with zero attached hydrogens (tertiary/aromatic N) is 1. The molecule has 0 bridgehead atoms. The lowest BCUT2D eigenvalue weighted by atomic mass is 9.79. The molecule has 2 aromatic carbocycles. The molecule has 0 spiro atoms. The van der Waals surface area contributed by atoms with Gasteiger partial charge in [0.2, 0.25) is 0 Å². The Labute approximate surface area is 242 Å². The summed E-state index contributed by atoms with van der Waals surface area (Å²) in [4.78, 5) is 27.8. The van der Waals surface area contributed by atoms with Crippen molar-refractivity contribution >= 4 is 11.9 Å². The molecular formula is C31H36F4N2O5. The minimum atomic E-state index is -4.55. The monoisotopic (exact) mass is 592 g/mol. The van der Waals surface area contributed by atoms with E-state index in [1.165, 1.54) is 18.2 Å². The lowest BCUT2D eigenvalue weighted by Gasteiger charge is -2.46. The van der Waals surface area contributed by atoms with E-state index in [-0.39, 0.29) is 60.7 Å². The van der Waals surface area contributed by atoms with Crippen molar-refractivity contribution in [2.45, 2.75) is 69.3 Å². The maximum atomic E-state index is 13.5. The Balaban J connectivity index is 1.23. The van der Waals surface area contributed by atoms with Crippen molar-refractivity contribution in [2.75, 3.05) is 26.3 Å². The van der Waals surface area contributed by atoms with Crippen molar-refractivity contribution < 1.29 is 41.7 Å². The number of ether oxygens (including phenoxy) is 2. The van der Waals surface area contributed by atoms with Crippen LogP contribution in [-0.4, -0.2) is 59.8 Å². The first-order valence-electron chi connectivity index (χ1n) is 14.5. The molecule has 0 aromatic heterocycles. The highest BCUT2D eigenvalue weighted by molar-refractivity contribution is 5.86. The Hall–Kier alpha value is -3.18.